The van der Waals surface area contributed by atoms with Crippen LogP contribution >= 0.6 is 7.81 Å². The van der Waals surface area contributed by atoms with E-state index in [-0.39, 0.29) is 17.1 Å². The minimum atomic E-state index is -10.7. The Hall–Kier alpha value is -0.771. The van der Waals surface area contributed by atoms with Crippen molar-refractivity contribution in [1.29, 1.82) is 0 Å². The van der Waals surface area contributed by atoms with E-state index in [1.807, 2.05) is 12.1 Å². The average molecular weight is 342 g/mol. The van der Waals surface area contributed by atoms with Crippen LogP contribution < -0.4 is 0 Å². The van der Waals surface area contributed by atoms with Crippen molar-refractivity contribution in [3.63, 3.8) is 0 Å². The molecule has 1 aliphatic carbocycles. The number of benzene rings is 1. The number of hydrogen-bond donors (Lipinski definition) is 0. The summed E-state index contributed by atoms with van der Waals surface area (Å²) >= 11 is 0. The summed E-state index contributed by atoms with van der Waals surface area (Å²) in [6.45, 7) is 0. The number of rotatable bonds is 1. The van der Waals surface area contributed by atoms with Crippen LogP contribution in [0.3, 0.4) is 0 Å². The van der Waals surface area contributed by atoms with Crippen molar-refractivity contribution in [3.05, 3.63) is 60.2 Å². The van der Waals surface area contributed by atoms with E-state index >= 15 is 0 Å². The van der Waals surface area contributed by atoms with Gasteiger partial charge in [-0.3, -0.25) is 0 Å². The van der Waals surface area contributed by atoms with Crippen molar-refractivity contribution >= 4 is 7.81 Å². The number of halogens is 6. The van der Waals surface area contributed by atoms with Gasteiger partial charge in [-0.15, -0.1) is 5.56 Å². The van der Waals surface area contributed by atoms with Gasteiger partial charge in [-0.2, -0.15) is 30.3 Å². The Bertz CT molecular complexity index is 439. The molecule has 0 atom stereocenters. The summed E-state index contributed by atoms with van der Waals surface area (Å²) in [4.78, 5) is 0. The molecule has 1 aromatic carbocycles. The van der Waals surface area contributed by atoms with E-state index in [0.29, 0.717) is 5.92 Å². The molecular formula is C11H9F6FeP-2. The predicted octanol–water partition coefficient (Wildman–Crippen LogP) is 6.08. The molecule has 0 radical (unpaired) electrons. The van der Waals surface area contributed by atoms with Crippen molar-refractivity contribution in [3.8, 4) is 0 Å². The first-order valence-electron chi connectivity index (χ1n) is 4.79. The minimum Gasteiger partial charge on any atom is -0.184 e. The third-order valence-electron chi connectivity index (χ3n) is 1.88. The fourth-order valence-corrected chi connectivity index (χ4v) is 1.28. The van der Waals surface area contributed by atoms with Crippen LogP contribution in [0.15, 0.2) is 48.6 Å². The topological polar surface area (TPSA) is 0 Å². The number of allylic oxidation sites excluding steroid dienone is 4. The molecule has 0 fully saturated rings. The number of hydrogen-bond acceptors (Lipinski definition) is 0. The molecular weight excluding hydrogens is 333 g/mol. The Morgan fingerprint density at radius 1 is 0.842 bits per heavy atom. The zero-order chi connectivity index (χ0) is 13.9. The van der Waals surface area contributed by atoms with Gasteiger partial charge in [0.2, 0.25) is 0 Å². The van der Waals surface area contributed by atoms with Gasteiger partial charge in [0.1, 0.15) is 0 Å². The van der Waals surface area contributed by atoms with Crippen LogP contribution in [0.5, 0.6) is 0 Å². The van der Waals surface area contributed by atoms with E-state index in [9.17, 15) is 25.2 Å². The Labute approximate surface area is 116 Å². The molecule has 19 heavy (non-hydrogen) atoms. The molecule has 0 saturated carbocycles. The molecule has 0 nitrogen and oxygen atoms in total. The second-order valence-corrected chi connectivity index (χ2v) is 5.50. The smallest absolute Gasteiger partial charge is 0 e. The van der Waals surface area contributed by atoms with Gasteiger partial charge in [0.25, 0.3) is 0 Å². The molecule has 0 saturated heterocycles. The van der Waals surface area contributed by atoms with E-state index in [1.54, 1.807) is 0 Å². The summed E-state index contributed by atoms with van der Waals surface area (Å²) in [6, 6.07) is 11.1. The van der Waals surface area contributed by atoms with Gasteiger partial charge in [-0.25, -0.2) is 0 Å². The third kappa shape index (κ3) is 12.0. The van der Waals surface area contributed by atoms with Crippen molar-refractivity contribution in [2.75, 3.05) is 0 Å². The second-order valence-electron chi connectivity index (χ2n) is 3.59. The Morgan fingerprint density at radius 2 is 1.21 bits per heavy atom. The van der Waals surface area contributed by atoms with Crippen LogP contribution in [-0.4, -0.2) is 0 Å². The first-order valence-corrected chi connectivity index (χ1v) is 6.82. The molecule has 1 aromatic rings. The molecule has 110 valence electrons. The summed E-state index contributed by atoms with van der Waals surface area (Å²) in [7, 11) is -10.7. The average Bonchev–Trinajstić information content (AvgIpc) is 2.67. The van der Waals surface area contributed by atoms with Gasteiger partial charge < -0.3 is 0 Å². The summed E-state index contributed by atoms with van der Waals surface area (Å²) in [5.41, 5.74) is 1.34. The van der Waals surface area contributed by atoms with Crippen LogP contribution in [0, 0.1) is 6.07 Å². The molecule has 8 heteroatoms. The maximum absolute atomic E-state index is 10.7. The summed E-state index contributed by atoms with van der Waals surface area (Å²) in [5.74, 6) is 0.490. The Balaban J connectivity index is 0.000000360. The molecule has 0 aliphatic heterocycles. The second kappa shape index (κ2) is 5.31. The standard InChI is InChI=1S/C11H9.F6P.Fe/c1-2-6-10(7-3-1)11-8-4-5-9-11;1-7(2,3,4,5)6;/h2-9,11H;;/q2*-1;. The van der Waals surface area contributed by atoms with E-state index in [1.165, 1.54) is 5.56 Å². The molecule has 0 unspecified atom stereocenters. The van der Waals surface area contributed by atoms with Gasteiger partial charge in [0, 0.05) is 17.1 Å². The molecule has 0 bridgehead atoms. The maximum Gasteiger partial charge on any atom is 0 e. The van der Waals surface area contributed by atoms with Crippen molar-refractivity contribution in [2.45, 2.75) is 5.92 Å². The molecule has 1 aliphatic rings. The van der Waals surface area contributed by atoms with Gasteiger partial charge in [0.05, 0.1) is 0 Å². The molecule has 0 aromatic heterocycles. The first-order chi connectivity index (χ1) is 7.92. The normalized spacial score (nSPS) is 17.8. The van der Waals surface area contributed by atoms with E-state index in [4.69, 9.17) is 0 Å². The summed E-state index contributed by atoms with van der Waals surface area (Å²) in [6.07, 6.45) is 8.55. The monoisotopic (exact) mass is 342 g/mol. The third-order valence-corrected chi connectivity index (χ3v) is 1.88. The molecule has 0 heterocycles. The van der Waals surface area contributed by atoms with Crippen molar-refractivity contribution in [2.24, 2.45) is 0 Å². The van der Waals surface area contributed by atoms with Crippen LogP contribution in [-0.2, 0) is 17.1 Å². The predicted molar refractivity (Wildman–Crippen MR) is 59.9 cm³/mol. The van der Waals surface area contributed by atoms with Gasteiger partial charge in [0.15, 0.2) is 0 Å². The molecule has 0 spiro atoms. The Morgan fingerprint density at radius 3 is 1.58 bits per heavy atom. The van der Waals surface area contributed by atoms with Gasteiger partial charge >= 0.3 is 33.0 Å². The van der Waals surface area contributed by atoms with Gasteiger partial charge in [-0.1, -0.05) is 24.3 Å². The van der Waals surface area contributed by atoms with Crippen molar-refractivity contribution < 1.29 is 42.3 Å². The van der Waals surface area contributed by atoms with E-state index < -0.39 is 7.81 Å². The zero-order valence-electron chi connectivity index (χ0n) is 9.26. The first kappa shape index (κ1) is 18.2. The molecule has 0 amide bonds. The summed E-state index contributed by atoms with van der Waals surface area (Å²) < 4.78 is 59.2. The molecule has 2 rings (SSSR count). The quantitative estimate of drug-likeness (QED) is 0.251. The van der Waals surface area contributed by atoms with E-state index in [0.717, 1.165) is 0 Å². The fourth-order valence-electron chi connectivity index (χ4n) is 1.28. The molecule has 0 N–H and O–H groups in total. The van der Waals surface area contributed by atoms with Crippen molar-refractivity contribution in [1.82, 2.24) is 0 Å². The fraction of sp³-hybridized carbons (Fsp3) is 0.0909. The van der Waals surface area contributed by atoms with E-state index in [2.05, 4.69) is 42.5 Å². The SMILES string of the molecule is F[P-](F)(F)(F)(F)F.[Fe].[c-]1ccc(C2C=CC=C2)cc1. The maximum atomic E-state index is 9.87. The van der Waals surface area contributed by atoms with Gasteiger partial charge in [-0.05, 0) is 5.92 Å². The van der Waals surface area contributed by atoms with Crippen LogP contribution in [0.1, 0.15) is 11.5 Å². The van der Waals surface area contributed by atoms with Crippen LogP contribution in [0.4, 0.5) is 25.2 Å². The minimum absolute atomic E-state index is 0. The van der Waals surface area contributed by atoms with Crippen LogP contribution in [0.2, 0.25) is 0 Å². The zero-order valence-corrected chi connectivity index (χ0v) is 11.3. The Kier molecular flexibility index (Phi) is 5.10. The largest absolute Gasteiger partial charge is 0.184 e. The summed E-state index contributed by atoms with van der Waals surface area (Å²) in [5, 5.41) is 0. The van der Waals surface area contributed by atoms with Crippen LogP contribution in [0.25, 0.3) is 0 Å².